The van der Waals surface area contributed by atoms with E-state index >= 15 is 0 Å². The van der Waals surface area contributed by atoms with Crippen LogP contribution in [-0.2, 0) is 11.4 Å². The topological polar surface area (TPSA) is 49.8 Å². The molecule has 1 fully saturated rings. The van der Waals surface area contributed by atoms with Gasteiger partial charge >= 0.3 is 0 Å². The molecule has 1 saturated carbocycles. The molecular formula is C14H17Br2NO3. The number of carbonyl (C=O) groups is 1. The van der Waals surface area contributed by atoms with Gasteiger partial charge in [0.1, 0.15) is 5.75 Å². The first-order chi connectivity index (χ1) is 9.56. The highest BCUT2D eigenvalue weighted by molar-refractivity contribution is 9.11. The number of ether oxygens (including phenoxy) is 1. The van der Waals surface area contributed by atoms with Crippen LogP contribution < -0.4 is 4.74 Å². The maximum Gasteiger partial charge on any atom is 0.260 e. The first-order valence-electron chi connectivity index (χ1n) is 6.57. The molecule has 1 aliphatic rings. The molecule has 1 aromatic carbocycles. The van der Waals surface area contributed by atoms with Crippen LogP contribution in [0.5, 0.6) is 5.75 Å². The molecule has 0 radical (unpaired) electrons. The van der Waals surface area contributed by atoms with E-state index in [0.29, 0.717) is 11.8 Å². The monoisotopic (exact) mass is 405 g/mol. The Morgan fingerprint density at radius 3 is 2.45 bits per heavy atom. The van der Waals surface area contributed by atoms with Gasteiger partial charge in [-0.25, -0.2) is 0 Å². The van der Waals surface area contributed by atoms with Gasteiger partial charge in [0.05, 0.1) is 15.6 Å². The molecule has 2 rings (SSSR count). The number of benzene rings is 1. The number of hydrogen-bond donors (Lipinski definition) is 1. The Kier molecular flexibility index (Phi) is 5.46. The standard InChI is InChI=1S/C14H17Br2NO3/c1-2-17(10-3-4-10)13(19)8-20-14-11(15)5-9(7-18)6-12(14)16/h5-6,10,18H,2-4,7-8H2,1H3. The summed E-state index contributed by atoms with van der Waals surface area (Å²) < 4.78 is 7.06. The van der Waals surface area contributed by atoms with E-state index in [0.717, 1.165) is 33.9 Å². The van der Waals surface area contributed by atoms with Gasteiger partial charge in [-0.3, -0.25) is 4.79 Å². The van der Waals surface area contributed by atoms with E-state index in [4.69, 9.17) is 9.84 Å². The van der Waals surface area contributed by atoms with Gasteiger partial charge in [-0.05, 0) is 69.3 Å². The Labute approximate surface area is 135 Å². The van der Waals surface area contributed by atoms with Crippen LogP contribution in [0.15, 0.2) is 21.1 Å². The molecule has 110 valence electrons. The Morgan fingerprint density at radius 2 is 2.00 bits per heavy atom. The Hall–Kier alpha value is -0.590. The Balaban J connectivity index is 2.01. The largest absolute Gasteiger partial charge is 0.481 e. The lowest BCUT2D eigenvalue weighted by Crippen LogP contribution is -2.36. The van der Waals surface area contributed by atoms with Crippen molar-refractivity contribution in [3.05, 3.63) is 26.6 Å². The number of amides is 1. The highest BCUT2D eigenvalue weighted by atomic mass is 79.9. The van der Waals surface area contributed by atoms with E-state index in [1.807, 2.05) is 11.8 Å². The van der Waals surface area contributed by atoms with Crippen molar-refractivity contribution in [3.8, 4) is 5.75 Å². The minimum atomic E-state index is -0.0400. The summed E-state index contributed by atoms with van der Waals surface area (Å²) in [5, 5.41) is 9.12. The van der Waals surface area contributed by atoms with Crippen LogP contribution in [0.3, 0.4) is 0 Å². The first-order valence-corrected chi connectivity index (χ1v) is 8.16. The minimum Gasteiger partial charge on any atom is -0.481 e. The molecule has 0 atom stereocenters. The fourth-order valence-electron chi connectivity index (χ4n) is 2.08. The lowest BCUT2D eigenvalue weighted by atomic mass is 10.2. The predicted octanol–water partition coefficient (Wildman–Crippen LogP) is 3.09. The molecule has 0 aliphatic heterocycles. The first kappa shape index (κ1) is 15.8. The number of halogens is 2. The van der Waals surface area contributed by atoms with Crippen LogP contribution in [0.25, 0.3) is 0 Å². The zero-order valence-electron chi connectivity index (χ0n) is 11.2. The molecule has 4 nitrogen and oxygen atoms in total. The molecule has 0 heterocycles. The van der Waals surface area contributed by atoms with Gasteiger partial charge in [0.15, 0.2) is 6.61 Å². The molecule has 1 aliphatic carbocycles. The van der Waals surface area contributed by atoms with E-state index in [9.17, 15) is 4.79 Å². The quantitative estimate of drug-likeness (QED) is 0.789. The van der Waals surface area contributed by atoms with Crippen molar-refractivity contribution in [2.75, 3.05) is 13.2 Å². The summed E-state index contributed by atoms with van der Waals surface area (Å²) in [5.74, 6) is 0.599. The molecule has 0 spiro atoms. The van der Waals surface area contributed by atoms with Crippen molar-refractivity contribution >= 4 is 37.8 Å². The van der Waals surface area contributed by atoms with Gasteiger partial charge in [0.2, 0.25) is 0 Å². The highest BCUT2D eigenvalue weighted by Crippen LogP contribution is 2.35. The maximum atomic E-state index is 12.1. The zero-order valence-corrected chi connectivity index (χ0v) is 14.4. The third-order valence-corrected chi connectivity index (χ3v) is 4.41. The zero-order chi connectivity index (χ0) is 14.7. The summed E-state index contributed by atoms with van der Waals surface area (Å²) in [4.78, 5) is 14.0. The van der Waals surface area contributed by atoms with Gasteiger partial charge in [-0.2, -0.15) is 0 Å². The maximum absolute atomic E-state index is 12.1. The molecule has 0 aromatic heterocycles. The number of aliphatic hydroxyl groups excluding tert-OH is 1. The van der Waals surface area contributed by atoms with E-state index in [-0.39, 0.29) is 19.1 Å². The number of aliphatic hydroxyl groups is 1. The van der Waals surface area contributed by atoms with E-state index < -0.39 is 0 Å². The molecule has 1 N–H and O–H groups in total. The normalized spacial score (nSPS) is 14.2. The smallest absolute Gasteiger partial charge is 0.260 e. The lowest BCUT2D eigenvalue weighted by molar-refractivity contribution is -0.133. The van der Waals surface area contributed by atoms with Crippen LogP contribution in [0.2, 0.25) is 0 Å². The fraction of sp³-hybridized carbons (Fsp3) is 0.500. The number of hydrogen-bond acceptors (Lipinski definition) is 3. The third kappa shape index (κ3) is 3.74. The molecule has 20 heavy (non-hydrogen) atoms. The Morgan fingerprint density at radius 1 is 1.40 bits per heavy atom. The average molecular weight is 407 g/mol. The molecule has 1 aromatic rings. The van der Waals surface area contributed by atoms with Crippen LogP contribution in [-0.4, -0.2) is 35.1 Å². The van der Waals surface area contributed by atoms with Gasteiger partial charge in [0.25, 0.3) is 5.91 Å². The van der Waals surface area contributed by atoms with E-state index in [1.165, 1.54) is 0 Å². The fourth-order valence-corrected chi connectivity index (χ4v) is 3.59. The van der Waals surface area contributed by atoms with Gasteiger partial charge in [0, 0.05) is 12.6 Å². The second-order valence-corrected chi connectivity index (χ2v) is 6.45. The molecule has 0 saturated heterocycles. The van der Waals surface area contributed by atoms with Crippen molar-refractivity contribution < 1.29 is 14.6 Å². The third-order valence-electron chi connectivity index (χ3n) is 3.23. The average Bonchev–Trinajstić information content (AvgIpc) is 3.23. The van der Waals surface area contributed by atoms with Crippen molar-refractivity contribution in [2.45, 2.75) is 32.4 Å². The number of rotatable bonds is 6. The summed E-state index contributed by atoms with van der Waals surface area (Å²) in [6.45, 7) is 2.69. The second-order valence-electron chi connectivity index (χ2n) is 4.75. The summed E-state index contributed by atoms with van der Waals surface area (Å²) in [6.07, 6.45) is 2.19. The molecule has 0 unspecified atom stereocenters. The number of nitrogens with zero attached hydrogens (tertiary/aromatic N) is 1. The van der Waals surface area contributed by atoms with Crippen molar-refractivity contribution in [1.29, 1.82) is 0 Å². The van der Waals surface area contributed by atoms with Gasteiger partial charge < -0.3 is 14.7 Å². The minimum absolute atomic E-state index is 0.0139. The lowest BCUT2D eigenvalue weighted by Gasteiger charge is -2.21. The Bertz CT molecular complexity index is 480. The van der Waals surface area contributed by atoms with Crippen LogP contribution >= 0.6 is 31.9 Å². The highest BCUT2D eigenvalue weighted by Gasteiger charge is 2.31. The molecular weight excluding hydrogens is 390 g/mol. The number of carbonyl (C=O) groups excluding carboxylic acids is 1. The second kappa shape index (κ2) is 6.91. The number of likely N-dealkylation sites (N-methyl/N-ethyl adjacent to an activating group) is 1. The predicted molar refractivity (Wildman–Crippen MR) is 83.7 cm³/mol. The summed E-state index contributed by atoms with van der Waals surface area (Å²) in [7, 11) is 0. The van der Waals surface area contributed by atoms with Crippen molar-refractivity contribution in [1.82, 2.24) is 4.90 Å². The van der Waals surface area contributed by atoms with Gasteiger partial charge in [-0.1, -0.05) is 0 Å². The van der Waals surface area contributed by atoms with Crippen molar-refractivity contribution in [2.24, 2.45) is 0 Å². The molecule has 0 bridgehead atoms. The SMILES string of the molecule is CCN(C(=O)COc1c(Br)cc(CO)cc1Br)C1CC1. The van der Waals surface area contributed by atoms with Gasteiger partial charge in [-0.15, -0.1) is 0 Å². The van der Waals surface area contributed by atoms with Crippen LogP contribution in [0.1, 0.15) is 25.3 Å². The summed E-state index contributed by atoms with van der Waals surface area (Å²) in [5.41, 5.74) is 0.774. The van der Waals surface area contributed by atoms with E-state index in [1.54, 1.807) is 12.1 Å². The summed E-state index contributed by atoms with van der Waals surface area (Å²) >= 11 is 6.79. The van der Waals surface area contributed by atoms with Crippen LogP contribution in [0.4, 0.5) is 0 Å². The molecule has 6 heteroatoms. The molecule has 1 amide bonds. The van der Waals surface area contributed by atoms with Crippen molar-refractivity contribution in [3.63, 3.8) is 0 Å². The van der Waals surface area contributed by atoms with Crippen LogP contribution in [0, 0.1) is 0 Å². The van der Waals surface area contributed by atoms with E-state index in [2.05, 4.69) is 31.9 Å². The summed E-state index contributed by atoms with van der Waals surface area (Å²) in [6, 6.07) is 3.96.